The highest BCUT2D eigenvalue weighted by Gasteiger charge is 2.24. The van der Waals surface area contributed by atoms with E-state index in [0.717, 1.165) is 11.3 Å². The molecule has 5 nitrogen and oxygen atoms in total. The van der Waals surface area contributed by atoms with Crippen LogP contribution in [0.2, 0.25) is 0 Å². The van der Waals surface area contributed by atoms with Gasteiger partial charge in [0.2, 0.25) is 0 Å². The lowest BCUT2D eigenvalue weighted by molar-refractivity contribution is -0.147. The average Bonchev–Trinajstić information content (AvgIpc) is 2.60. The molecule has 0 aliphatic rings. The summed E-state index contributed by atoms with van der Waals surface area (Å²) in [6, 6.07) is 12.2. The highest BCUT2D eigenvalue weighted by Crippen LogP contribution is 2.10. The summed E-state index contributed by atoms with van der Waals surface area (Å²) >= 11 is 0. The summed E-state index contributed by atoms with van der Waals surface area (Å²) in [4.78, 5) is 28.9. The number of pyridine rings is 1. The molecule has 0 radical (unpaired) electrons. The molecule has 0 spiro atoms. The number of rotatable bonds is 7. The monoisotopic (exact) mass is 340 g/mol. The lowest BCUT2D eigenvalue weighted by atomic mass is 10.0. The Morgan fingerprint density at radius 2 is 1.84 bits per heavy atom. The van der Waals surface area contributed by atoms with Crippen LogP contribution in [0.1, 0.15) is 41.9 Å². The van der Waals surface area contributed by atoms with Gasteiger partial charge in [-0.2, -0.15) is 0 Å². The normalized spacial score (nSPS) is 11.8. The van der Waals surface area contributed by atoms with Crippen molar-refractivity contribution in [1.29, 1.82) is 0 Å². The van der Waals surface area contributed by atoms with Gasteiger partial charge in [-0.1, -0.05) is 44.2 Å². The standard InChI is InChI=1S/C20H24N2O3/c1-14(2)11-18(20(24)25-13-16-7-5-4-6-8-16)22-19(23)17-10-9-15(3)21-12-17/h4-10,12,14,18H,11,13H2,1-3H3,(H,22,23)/t18-/m0/s1. The predicted octanol–water partition coefficient (Wildman–Crippen LogP) is 3.28. The fourth-order valence-electron chi connectivity index (χ4n) is 2.36. The molecule has 0 saturated heterocycles. The van der Waals surface area contributed by atoms with Crippen molar-refractivity contribution in [2.24, 2.45) is 5.92 Å². The van der Waals surface area contributed by atoms with Crippen LogP contribution >= 0.6 is 0 Å². The Kier molecular flexibility index (Phi) is 6.69. The summed E-state index contributed by atoms with van der Waals surface area (Å²) in [7, 11) is 0. The number of benzene rings is 1. The van der Waals surface area contributed by atoms with Crippen LogP contribution in [0.25, 0.3) is 0 Å². The fourth-order valence-corrected chi connectivity index (χ4v) is 2.36. The molecule has 1 heterocycles. The van der Waals surface area contributed by atoms with Crippen LogP contribution < -0.4 is 5.32 Å². The predicted molar refractivity (Wildman–Crippen MR) is 95.9 cm³/mol. The molecule has 0 unspecified atom stereocenters. The molecule has 0 aliphatic carbocycles. The minimum absolute atomic E-state index is 0.191. The largest absolute Gasteiger partial charge is 0.459 e. The van der Waals surface area contributed by atoms with Crippen LogP contribution in [0.5, 0.6) is 0 Å². The summed E-state index contributed by atoms with van der Waals surface area (Å²) in [5.41, 5.74) is 2.17. The summed E-state index contributed by atoms with van der Waals surface area (Å²) in [5, 5.41) is 2.77. The van der Waals surface area contributed by atoms with Crippen molar-refractivity contribution in [3.05, 3.63) is 65.5 Å². The van der Waals surface area contributed by atoms with Crippen LogP contribution in [0.15, 0.2) is 48.7 Å². The van der Waals surface area contributed by atoms with Gasteiger partial charge in [-0.3, -0.25) is 9.78 Å². The maximum Gasteiger partial charge on any atom is 0.328 e. The number of nitrogens with zero attached hydrogens (tertiary/aromatic N) is 1. The van der Waals surface area contributed by atoms with E-state index in [-0.39, 0.29) is 18.4 Å². The lowest BCUT2D eigenvalue weighted by Gasteiger charge is -2.19. The fraction of sp³-hybridized carbons (Fsp3) is 0.350. The summed E-state index contributed by atoms with van der Waals surface area (Å²) in [6.07, 6.45) is 2.02. The first-order valence-corrected chi connectivity index (χ1v) is 8.39. The van der Waals surface area contributed by atoms with E-state index in [0.29, 0.717) is 12.0 Å². The van der Waals surface area contributed by atoms with Gasteiger partial charge in [0.05, 0.1) is 5.56 Å². The average molecular weight is 340 g/mol. The Hall–Kier alpha value is -2.69. The van der Waals surface area contributed by atoms with E-state index >= 15 is 0 Å². The van der Waals surface area contributed by atoms with Gasteiger partial charge in [0.15, 0.2) is 0 Å². The highest BCUT2D eigenvalue weighted by molar-refractivity contribution is 5.96. The molecule has 0 fully saturated rings. The van der Waals surface area contributed by atoms with Crippen LogP contribution in [0.4, 0.5) is 0 Å². The zero-order valence-corrected chi connectivity index (χ0v) is 14.9. The number of aryl methyl sites for hydroxylation is 1. The second-order valence-electron chi connectivity index (χ2n) is 6.44. The Balaban J connectivity index is 2.00. The summed E-state index contributed by atoms with van der Waals surface area (Å²) in [5.74, 6) is -0.508. The number of hydrogen-bond acceptors (Lipinski definition) is 4. The Bertz CT molecular complexity index is 697. The number of aromatic nitrogens is 1. The number of amides is 1. The number of carbonyl (C=O) groups excluding carboxylic acids is 2. The molecule has 25 heavy (non-hydrogen) atoms. The Morgan fingerprint density at radius 3 is 2.44 bits per heavy atom. The van der Waals surface area contributed by atoms with Gasteiger partial charge in [0.1, 0.15) is 12.6 Å². The van der Waals surface area contributed by atoms with Crippen molar-refractivity contribution in [3.8, 4) is 0 Å². The molecular formula is C20H24N2O3. The number of esters is 1. The summed E-state index contributed by atoms with van der Waals surface area (Å²) < 4.78 is 5.38. The van der Waals surface area contributed by atoms with Gasteiger partial charge in [0.25, 0.3) is 5.91 Å². The molecule has 2 rings (SSSR count). The number of nitrogens with one attached hydrogen (secondary N) is 1. The van der Waals surface area contributed by atoms with E-state index < -0.39 is 12.0 Å². The third-order valence-electron chi connectivity index (χ3n) is 3.69. The van der Waals surface area contributed by atoms with Gasteiger partial charge in [0, 0.05) is 11.9 Å². The van der Waals surface area contributed by atoms with Crippen molar-refractivity contribution in [2.75, 3.05) is 0 Å². The first-order valence-electron chi connectivity index (χ1n) is 8.39. The molecule has 1 amide bonds. The van der Waals surface area contributed by atoms with Crippen LogP contribution in [0.3, 0.4) is 0 Å². The molecule has 132 valence electrons. The van der Waals surface area contributed by atoms with Gasteiger partial charge >= 0.3 is 5.97 Å². The molecule has 2 aromatic rings. The minimum atomic E-state index is -0.683. The second kappa shape index (κ2) is 8.97. The van der Waals surface area contributed by atoms with E-state index in [2.05, 4.69) is 10.3 Å². The SMILES string of the molecule is Cc1ccc(C(=O)N[C@@H](CC(C)C)C(=O)OCc2ccccc2)cn1. The first kappa shape index (κ1) is 18.6. The third-order valence-corrected chi connectivity index (χ3v) is 3.69. The summed E-state index contributed by atoms with van der Waals surface area (Å²) in [6.45, 7) is 6.04. The van der Waals surface area contributed by atoms with Crippen LogP contribution in [-0.4, -0.2) is 22.9 Å². The van der Waals surface area contributed by atoms with Gasteiger partial charge in [-0.15, -0.1) is 0 Å². The van der Waals surface area contributed by atoms with E-state index in [4.69, 9.17) is 4.74 Å². The number of ether oxygens (including phenoxy) is 1. The quantitative estimate of drug-likeness (QED) is 0.786. The molecule has 0 aliphatic heterocycles. The van der Waals surface area contributed by atoms with E-state index in [1.807, 2.05) is 51.1 Å². The Labute approximate surface area is 148 Å². The van der Waals surface area contributed by atoms with Crippen molar-refractivity contribution >= 4 is 11.9 Å². The maximum atomic E-state index is 12.4. The topological polar surface area (TPSA) is 68.3 Å². The number of carbonyl (C=O) groups is 2. The highest BCUT2D eigenvalue weighted by atomic mass is 16.5. The molecule has 1 N–H and O–H groups in total. The zero-order valence-electron chi connectivity index (χ0n) is 14.9. The molecular weight excluding hydrogens is 316 g/mol. The third kappa shape index (κ3) is 6.03. The van der Waals surface area contributed by atoms with E-state index in [1.165, 1.54) is 6.20 Å². The molecule has 5 heteroatoms. The van der Waals surface area contributed by atoms with Crippen molar-refractivity contribution in [3.63, 3.8) is 0 Å². The van der Waals surface area contributed by atoms with Gasteiger partial charge in [-0.25, -0.2) is 4.79 Å². The van der Waals surface area contributed by atoms with Gasteiger partial charge < -0.3 is 10.1 Å². The number of hydrogen-bond donors (Lipinski definition) is 1. The Morgan fingerprint density at radius 1 is 1.12 bits per heavy atom. The zero-order chi connectivity index (χ0) is 18.2. The van der Waals surface area contributed by atoms with Crippen molar-refractivity contribution in [1.82, 2.24) is 10.3 Å². The smallest absolute Gasteiger partial charge is 0.328 e. The van der Waals surface area contributed by atoms with Crippen LogP contribution in [0, 0.1) is 12.8 Å². The minimum Gasteiger partial charge on any atom is -0.459 e. The van der Waals surface area contributed by atoms with Crippen molar-refractivity contribution < 1.29 is 14.3 Å². The molecule has 1 aromatic carbocycles. The van der Waals surface area contributed by atoms with E-state index in [1.54, 1.807) is 12.1 Å². The first-order chi connectivity index (χ1) is 12.0. The molecule has 0 saturated carbocycles. The maximum absolute atomic E-state index is 12.4. The molecule has 0 bridgehead atoms. The van der Waals surface area contributed by atoms with Crippen molar-refractivity contribution in [2.45, 2.75) is 39.8 Å². The van der Waals surface area contributed by atoms with Gasteiger partial charge in [-0.05, 0) is 37.0 Å². The second-order valence-corrected chi connectivity index (χ2v) is 6.44. The lowest BCUT2D eigenvalue weighted by Crippen LogP contribution is -2.42. The van der Waals surface area contributed by atoms with E-state index in [9.17, 15) is 9.59 Å². The molecule has 1 aromatic heterocycles. The van der Waals surface area contributed by atoms with Crippen LogP contribution in [-0.2, 0) is 16.1 Å². The molecule has 1 atom stereocenters.